The molecule has 0 saturated carbocycles. The van der Waals surface area contributed by atoms with Crippen molar-refractivity contribution < 1.29 is 31.5 Å². The van der Waals surface area contributed by atoms with Gasteiger partial charge in [-0.3, -0.25) is 9.52 Å². The Hall–Kier alpha value is -2.38. The smallest absolute Gasteiger partial charge is 0.258 e. The summed E-state index contributed by atoms with van der Waals surface area (Å²) in [7, 11) is -6.00. The van der Waals surface area contributed by atoms with E-state index in [0.717, 1.165) is 6.26 Å². The summed E-state index contributed by atoms with van der Waals surface area (Å²) in [5, 5.41) is 10.2. The molecule has 0 radical (unpaired) electrons. The Morgan fingerprint density at radius 2 is 1.83 bits per heavy atom. The Morgan fingerprint density at radius 1 is 1.19 bits per heavy atom. The number of nitrogens with one attached hydrogen (secondary N) is 1. The average molecular weight is 560 g/mol. The van der Waals surface area contributed by atoms with Crippen LogP contribution in [0, 0.1) is 5.92 Å². The van der Waals surface area contributed by atoms with E-state index in [9.17, 15) is 26.7 Å². The number of aliphatic hydroxyl groups excluding tert-OH is 1. The van der Waals surface area contributed by atoms with Gasteiger partial charge in [0.15, 0.2) is 0 Å². The van der Waals surface area contributed by atoms with Crippen molar-refractivity contribution in [1.82, 2.24) is 9.21 Å². The molecule has 0 unspecified atom stereocenters. The summed E-state index contributed by atoms with van der Waals surface area (Å²) < 4.78 is 59.4. The van der Waals surface area contributed by atoms with Gasteiger partial charge in [0.25, 0.3) is 5.91 Å². The number of carbonyl (C=O) groups excluding carboxylic acids is 1. The summed E-state index contributed by atoms with van der Waals surface area (Å²) in [4.78, 5) is 15.0. The fourth-order valence-corrected chi connectivity index (χ4v) is 5.72. The summed E-state index contributed by atoms with van der Waals surface area (Å²) >= 11 is 5.89. The molecule has 1 aliphatic rings. The lowest BCUT2D eigenvalue weighted by atomic mass is 9.99. The average Bonchev–Trinajstić information content (AvgIpc) is 2.80. The number of hydrogen-bond acceptors (Lipinski definition) is 7. The van der Waals surface area contributed by atoms with Crippen molar-refractivity contribution in [3.8, 4) is 5.75 Å². The number of ether oxygens (including phenoxy) is 1. The molecule has 10 nitrogen and oxygen atoms in total. The standard InChI is InChI=1S/C23H30ClN3O7S2/c1-15-12-27(16(2)14-28)23(29)20-11-18(25-35(4,30)31)7-10-21(20)34-22(15)13-26(3)36(32,33)19-8-5-17(24)6-9-19/h5-11,15-16,22,25,28H,12-14H2,1-4H3/t15-,16+,22-/m1/s1. The third-order valence-corrected chi connectivity index (χ3v) is 8.62. The molecule has 0 fully saturated rings. The molecule has 0 saturated heterocycles. The van der Waals surface area contributed by atoms with Gasteiger partial charge >= 0.3 is 0 Å². The van der Waals surface area contributed by atoms with Crippen LogP contribution in [0.5, 0.6) is 5.75 Å². The highest BCUT2D eigenvalue weighted by atomic mass is 35.5. The zero-order chi connectivity index (χ0) is 26.8. The normalized spacial score (nSPS) is 19.8. The maximum atomic E-state index is 13.4. The van der Waals surface area contributed by atoms with E-state index in [4.69, 9.17) is 16.3 Å². The highest BCUT2D eigenvalue weighted by Gasteiger charge is 2.35. The lowest BCUT2D eigenvalue weighted by Gasteiger charge is -2.38. The van der Waals surface area contributed by atoms with Crippen LogP contribution >= 0.6 is 11.6 Å². The van der Waals surface area contributed by atoms with Crippen LogP contribution < -0.4 is 9.46 Å². The van der Waals surface area contributed by atoms with Gasteiger partial charge in [-0.05, 0) is 49.4 Å². The highest BCUT2D eigenvalue weighted by molar-refractivity contribution is 7.92. The lowest BCUT2D eigenvalue weighted by Crippen LogP contribution is -2.50. The minimum absolute atomic E-state index is 0.0234. The molecular weight excluding hydrogens is 530 g/mol. The monoisotopic (exact) mass is 559 g/mol. The van der Waals surface area contributed by atoms with Gasteiger partial charge in [0.1, 0.15) is 11.9 Å². The first-order chi connectivity index (χ1) is 16.7. The molecule has 0 aromatic heterocycles. The summed E-state index contributed by atoms with van der Waals surface area (Å²) in [6.45, 7) is 3.40. The van der Waals surface area contributed by atoms with Crippen LogP contribution in [0.3, 0.4) is 0 Å². The van der Waals surface area contributed by atoms with Gasteiger partial charge in [-0.25, -0.2) is 16.8 Å². The molecule has 36 heavy (non-hydrogen) atoms. The molecule has 1 amide bonds. The molecule has 13 heteroatoms. The number of hydrogen-bond donors (Lipinski definition) is 2. The Morgan fingerprint density at radius 3 is 2.42 bits per heavy atom. The van der Waals surface area contributed by atoms with Crippen LogP contribution in [0.2, 0.25) is 5.02 Å². The minimum Gasteiger partial charge on any atom is -0.488 e. The molecule has 1 heterocycles. The molecule has 2 aromatic rings. The van der Waals surface area contributed by atoms with Crippen molar-refractivity contribution in [1.29, 1.82) is 0 Å². The Bertz CT molecular complexity index is 1320. The first-order valence-corrected chi connectivity index (χ1v) is 14.9. The second kappa shape index (κ2) is 10.9. The van der Waals surface area contributed by atoms with Crippen molar-refractivity contribution >= 4 is 43.2 Å². The van der Waals surface area contributed by atoms with Gasteiger partial charge in [0.05, 0.1) is 35.9 Å². The lowest BCUT2D eigenvalue weighted by molar-refractivity contribution is 0.0387. The quantitative estimate of drug-likeness (QED) is 0.506. The van der Waals surface area contributed by atoms with Crippen LogP contribution in [0.1, 0.15) is 24.2 Å². The van der Waals surface area contributed by atoms with Crippen LogP contribution in [-0.2, 0) is 20.0 Å². The predicted octanol–water partition coefficient (Wildman–Crippen LogP) is 2.25. The Labute approximate surface area is 216 Å². The van der Waals surface area contributed by atoms with E-state index < -0.39 is 38.1 Å². The van der Waals surface area contributed by atoms with E-state index in [0.29, 0.717) is 5.02 Å². The van der Waals surface area contributed by atoms with Crippen molar-refractivity contribution in [3.05, 3.63) is 53.1 Å². The van der Waals surface area contributed by atoms with Crippen LogP contribution in [-0.4, -0.2) is 82.2 Å². The van der Waals surface area contributed by atoms with Crippen molar-refractivity contribution in [2.45, 2.75) is 30.9 Å². The zero-order valence-electron chi connectivity index (χ0n) is 20.4. The van der Waals surface area contributed by atoms with E-state index in [-0.39, 0.29) is 47.5 Å². The number of fused-ring (bicyclic) bond motifs is 1. The number of aliphatic hydroxyl groups is 1. The zero-order valence-corrected chi connectivity index (χ0v) is 22.8. The van der Waals surface area contributed by atoms with E-state index >= 15 is 0 Å². The minimum atomic E-state index is -3.85. The van der Waals surface area contributed by atoms with Crippen LogP contribution in [0.25, 0.3) is 0 Å². The number of carbonyl (C=O) groups is 1. The van der Waals surface area contributed by atoms with Crippen molar-refractivity contribution in [2.75, 3.05) is 37.7 Å². The number of halogens is 1. The number of likely N-dealkylation sites (N-methyl/N-ethyl adjacent to an activating group) is 1. The number of rotatable bonds is 8. The van der Waals surface area contributed by atoms with Gasteiger partial charge in [0.2, 0.25) is 20.0 Å². The molecule has 198 valence electrons. The van der Waals surface area contributed by atoms with Gasteiger partial charge in [0, 0.05) is 30.2 Å². The largest absolute Gasteiger partial charge is 0.488 e. The molecule has 2 aromatic carbocycles. The molecular formula is C23H30ClN3O7S2. The van der Waals surface area contributed by atoms with Gasteiger partial charge in [-0.2, -0.15) is 4.31 Å². The second-order valence-corrected chi connectivity index (χ2v) is 13.2. The SMILES string of the molecule is C[C@@H]1CN([C@@H](C)CO)C(=O)c2cc(NS(C)(=O)=O)ccc2O[C@@H]1CN(C)S(=O)(=O)c1ccc(Cl)cc1. The van der Waals surface area contributed by atoms with Gasteiger partial charge in [-0.15, -0.1) is 0 Å². The summed E-state index contributed by atoms with van der Waals surface area (Å²) in [5.41, 5.74) is 0.279. The maximum absolute atomic E-state index is 13.4. The molecule has 0 spiro atoms. The third kappa shape index (κ3) is 6.48. The summed E-state index contributed by atoms with van der Waals surface area (Å²) in [6.07, 6.45) is 0.336. The number of benzene rings is 2. The Kier molecular flexibility index (Phi) is 8.56. The first-order valence-electron chi connectivity index (χ1n) is 11.1. The molecule has 2 N–H and O–H groups in total. The Balaban J connectivity index is 1.99. The number of amides is 1. The van der Waals surface area contributed by atoms with E-state index in [2.05, 4.69) is 4.72 Å². The molecule has 1 aliphatic heterocycles. The maximum Gasteiger partial charge on any atom is 0.258 e. The van der Waals surface area contributed by atoms with Crippen molar-refractivity contribution in [2.24, 2.45) is 5.92 Å². The van der Waals surface area contributed by atoms with E-state index in [1.807, 2.05) is 6.92 Å². The predicted molar refractivity (Wildman–Crippen MR) is 137 cm³/mol. The van der Waals surface area contributed by atoms with E-state index in [1.165, 1.54) is 58.7 Å². The topological polar surface area (TPSA) is 133 Å². The molecule has 0 bridgehead atoms. The first kappa shape index (κ1) is 28.2. The molecule has 3 rings (SSSR count). The number of anilines is 1. The van der Waals surface area contributed by atoms with E-state index in [1.54, 1.807) is 6.92 Å². The van der Waals surface area contributed by atoms with Gasteiger partial charge < -0.3 is 14.7 Å². The summed E-state index contributed by atoms with van der Waals surface area (Å²) in [6, 6.07) is 9.61. The third-order valence-electron chi connectivity index (χ3n) is 5.93. The van der Waals surface area contributed by atoms with Crippen LogP contribution in [0.4, 0.5) is 5.69 Å². The number of nitrogens with zero attached hydrogens (tertiary/aromatic N) is 2. The highest BCUT2D eigenvalue weighted by Crippen LogP contribution is 2.31. The molecule has 3 atom stereocenters. The van der Waals surface area contributed by atoms with Crippen molar-refractivity contribution in [3.63, 3.8) is 0 Å². The fourth-order valence-electron chi connectivity index (χ4n) is 3.86. The van der Waals surface area contributed by atoms with Gasteiger partial charge in [-0.1, -0.05) is 18.5 Å². The second-order valence-electron chi connectivity index (χ2n) is 8.95. The number of sulfonamides is 2. The summed E-state index contributed by atoms with van der Waals surface area (Å²) in [5.74, 6) is -0.563. The fraction of sp³-hybridized carbons (Fsp3) is 0.435. The molecule has 0 aliphatic carbocycles. The van der Waals surface area contributed by atoms with Crippen LogP contribution in [0.15, 0.2) is 47.4 Å².